The van der Waals surface area contributed by atoms with Gasteiger partial charge in [0.2, 0.25) is 5.91 Å². The number of para-hydroxylation sites is 1. The maximum absolute atomic E-state index is 12.2. The Morgan fingerprint density at radius 1 is 1.19 bits per heavy atom. The third-order valence-corrected chi connectivity index (χ3v) is 5.36. The summed E-state index contributed by atoms with van der Waals surface area (Å²) in [4.78, 5) is 28.4. The number of hydrogen-bond acceptors (Lipinski definition) is 5. The van der Waals surface area contributed by atoms with Gasteiger partial charge < -0.3 is 10.1 Å². The molecule has 0 saturated carbocycles. The number of carbonyl (C=O) groups is 2. The van der Waals surface area contributed by atoms with Gasteiger partial charge in [0, 0.05) is 24.1 Å². The molecule has 0 bridgehead atoms. The number of aromatic nitrogens is 1. The van der Waals surface area contributed by atoms with E-state index >= 15 is 0 Å². The molecule has 3 aromatic rings. The van der Waals surface area contributed by atoms with E-state index < -0.39 is 0 Å². The molecule has 27 heavy (non-hydrogen) atoms. The molecule has 2 aromatic carbocycles. The Bertz CT molecular complexity index is 932. The Morgan fingerprint density at radius 2 is 2.00 bits per heavy atom. The molecule has 1 N–H and O–H groups in total. The van der Waals surface area contributed by atoms with Gasteiger partial charge in [-0.2, -0.15) is 0 Å². The van der Waals surface area contributed by atoms with Crippen molar-refractivity contribution in [3.05, 3.63) is 58.6 Å². The van der Waals surface area contributed by atoms with E-state index in [2.05, 4.69) is 16.4 Å². The van der Waals surface area contributed by atoms with Crippen LogP contribution in [0.15, 0.2) is 42.5 Å². The van der Waals surface area contributed by atoms with E-state index in [1.165, 1.54) is 11.6 Å². The maximum Gasteiger partial charge on any atom is 0.224 e. The van der Waals surface area contributed by atoms with E-state index in [-0.39, 0.29) is 18.1 Å². The molecular formula is C21H22N2O3S. The normalized spacial score (nSPS) is 10.7. The lowest BCUT2D eigenvalue weighted by Crippen LogP contribution is -2.26. The number of ether oxygens (including phenoxy) is 1. The second-order valence-corrected chi connectivity index (χ2v) is 7.40. The second-order valence-electron chi connectivity index (χ2n) is 6.29. The van der Waals surface area contributed by atoms with Crippen molar-refractivity contribution in [2.75, 3.05) is 13.7 Å². The van der Waals surface area contributed by atoms with Crippen molar-refractivity contribution in [2.45, 2.75) is 26.2 Å². The number of amides is 1. The number of thiazole rings is 1. The first-order valence-electron chi connectivity index (χ1n) is 8.86. The van der Waals surface area contributed by atoms with Crippen LogP contribution in [0.1, 0.15) is 34.3 Å². The van der Waals surface area contributed by atoms with Gasteiger partial charge in [-0.05, 0) is 43.7 Å². The van der Waals surface area contributed by atoms with E-state index in [9.17, 15) is 9.59 Å². The van der Waals surface area contributed by atoms with Crippen LogP contribution in [0.3, 0.4) is 0 Å². The van der Waals surface area contributed by atoms with Gasteiger partial charge in [-0.1, -0.05) is 12.1 Å². The quantitative estimate of drug-likeness (QED) is 0.475. The zero-order chi connectivity index (χ0) is 19.2. The average molecular weight is 382 g/mol. The molecule has 0 radical (unpaired) electrons. The van der Waals surface area contributed by atoms with Gasteiger partial charge in [0.1, 0.15) is 5.75 Å². The minimum Gasteiger partial charge on any atom is -0.496 e. The van der Waals surface area contributed by atoms with Gasteiger partial charge in [0.05, 0.1) is 28.8 Å². The molecule has 1 amide bonds. The molecule has 0 fully saturated rings. The first-order chi connectivity index (χ1) is 13.1. The number of rotatable bonds is 8. The molecule has 0 spiro atoms. The smallest absolute Gasteiger partial charge is 0.224 e. The van der Waals surface area contributed by atoms with Crippen molar-refractivity contribution in [2.24, 2.45) is 0 Å². The van der Waals surface area contributed by atoms with Gasteiger partial charge in [-0.25, -0.2) is 4.98 Å². The minimum atomic E-state index is -0.0849. The van der Waals surface area contributed by atoms with Crippen LogP contribution in [0.4, 0.5) is 0 Å². The van der Waals surface area contributed by atoms with Crippen LogP contribution in [-0.4, -0.2) is 30.3 Å². The highest BCUT2D eigenvalue weighted by molar-refractivity contribution is 7.18. The summed E-state index contributed by atoms with van der Waals surface area (Å²) < 4.78 is 6.48. The minimum absolute atomic E-state index is 0.0323. The van der Waals surface area contributed by atoms with E-state index in [1.54, 1.807) is 36.6 Å². The Balaban J connectivity index is 1.51. The standard InChI is InChI=1S/C21H22N2O3S/c1-14(24)15-9-10-18(26-2)16(12-15)13-20(25)22-11-5-8-21-23-17-6-3-4-7-19(17)27-21/h3-4,6-7,9-10,12H,5,8,11,13H2,1-2H3,(H,22,25). The number of methoxy groups -OCH3 is 1. The number of fused-ring (bicyclic) bond motifs is 1. The molecule has 0 atom stereocenters. The zero-order valence-electron chi connectivity index (χ0n) is 15.5. The van der Waals surface area contributed by atoms with Crippen LogP contribution >= 0.6 is 11.3 Å². The van der Waals surface area contributed by atoms with E-state index in [0.29, 0.717) is 23.4 Å². The van der Waals surface area contributed by atoms with Crippen molar-refractivity contribution in [3.8, 4) is 5.75 Å². The number of hydrogen-bond donors (Lipinski definition) is 1. The van der Waals surface area contributed by atoms with Crippen LogP contribution in [-0.2, 0) is 17.6 Å². The summed E-state index contributed by atoms with van der Waals surface area (Å²) in [6, 6.07) is 13.2. The summed E-state index contributed by atoms with van der Waals surface area (Å²) in [5, 5.41) is 4.02. The lowest BCUT2D eigenvalue weighted by molar-refractivity contribution is -0.120. The van der Waals surface area contributed by atoms with Crippen molar-refractivity contribution in [1.29, 1.82) is 0 Å². The number of nitrogens with zero attached hydrogens (tertiary/aromatic N) is 1. The summed E-state index contributed by atoms with van der Waals surface area (Å²) in [5.41, 5.74) is 2.32. The highest BCUT2D eigenvalue weighted by atomic mass is 32.1. The SMILES string of the molecule is COc1ccc(C(C)=O)cc1CC(=O)NCCCc1nc2ccccc2s1. The lowest BCUT2D eigenvalue weighted by atomic mass is 10.0. The Kier molecular flexibility index (Phi) is 6.19. The summed E-state index contributed by atoms with van der Waals surface area (Å²) in [6.45, 7) is 2.09. The molecule has 5 nitrogen and oxygen atoms in total. The van der Waals surface area contributed by atoms with Crippen molar-refractivity contribution >= 4 is 33.2 Å². The average Bonchev–Trinajstić information content (AvgIpc) is 3.08. The fourth-order valence-electron chi connectivity index (χ4n) is 2.87. The Hall–Kier alpha value is -2.73. The van der Waals surface area contributed by atoms with Crippen molar-refractivity contribution in [1.82, 2.24) is 10.3 Å². The van der Waals surface area contributed by atoms with E-state index in [4.69, 9.17) is 4.74 Å². The van der Waals surface area contributed by atoms with Crippen LogP contribution < -0.4 is 10.1 Å². The lowest BCUT2D eigenvalue weighted by Gasteiger charge is -2.10. The Labute approximate surface area is 162 Å². The predicted octanol–water partition coefficient (Wildman–Crippen LogP) is 3.80. The molecule has 0 aliphatic heterocycles. The summed E-state index contributed by atoms with van der Waals surface area (Å²) >= 11 is 1.70. The molecule has 140 valence electrons. The maximum atomic E-state index is 12.2. The predicted molar refractivity (Wildman–Crippen MR) is 108 cm³/mol. The third-order valence-electron chi connectivity index (χ3n) is 4.27. The van der Waals surface area contributed by atoms with Crippen molar-refractivity contribution < 1.29 is 14.3 Å². The second kappa shape index (κ2) is 8.77. The Morgan fingerprint density at radius 3 is 2.74 bits per heavy atom. The molecule has 6 heteroatoms. The third kappa shape index (κ3) is 4.92. The molecule has 0 aliphatic rings. The number of aryl methyl sites for hydroxylation is 1. The van der Waals surface area contributed by atoms with Crippen molar-refractivity contribution in [3.63, 3.8) is 0 Å². The number of Topliss-reactive ketones (excluding diaryl/α,β-unsaturated/α-hetero) is 1. The van der Waals surface area contributed by atoms with Crippen LogP contribution in [0.2, 0.25) is 0 Å². The molecule has 1 aromatic heterocycles. The van der Waals surface area contributed by atoms with Gasteiger partial charge in [-0.3, -0.25) is 9.59 Å². The molecule has 0 saturated heterocycles. The largest absolute Gasteiger partial charge is 0.496 e. The van der Waals surface area contributed by atoms with Crippen LogP contribution in [0, 0.1) is 0 Å². The number of ketones is 1. The summed E-state index contributed by atoms with van der Waals surface area (Å²) in [5.74, 6) is 0.498. The van der Waals surface area contributed by atoms with Crippen LogP contribution in [0.25, 0.3) is 10.2 Å². The topological polar surface area (TPSA) is 68.3 Å². The fourth-order valence-corrected chi connectivity index (χ4v) is 3.87. The van der Waals surface area contributed by atoms with Gasteiger partial charge in [0.15, 0.2) is 5.78 Å². The van der Waals surface area contributed by atoms with Gasteiger partial charge in [0.25, 0.3) is 0 Å². The number of carbonyl (C=O) groups excluding carboxylic acids is 2. The highest BCUT2D eigenvalue weighted by Gasteiger charge is 2.11. The molecule has 0 aliphatic carbocycles. The van der Waals surface area contributed by atoms with E-state index in [0.717, 1.165) is 23.4 Å². The van der Waals surface area contributed by atoms with Gasteiger partial charge >= 0.3 is 0 Å². The number of benzene rings is 2. The van der Waals surface area contributed by atoms with Crippen LogP contribution in [0.5, 0.6) is 5.75 Å². The molecule has 3 rings (SSSR count). The zero-order valence-corrected chi connectivity index (χ0v) is 16.3. The van der Waals surface area contributed by atoms with E-state index in [1.807, 2.05) is 18.2 Å². The molecule has 1 heterocycles. The summed E-state index contributed by atoms with van der Waals surface area (Å²) in [6.07, 6.45) is 1.85. The highest BCUT2D eigenvalue weighted by Crippen LogP contribution is 2.22. The number of nitrogens with one attached hydrogen (secondary N) is 1. The molecular weight excluding hydrogens is 360 g/mol. The first kappa shape index (κ1) is 19.0. The molecule has 0 unspecified atom stereocenters. The first-order valence-corrected chi connectivity index (χ1v) is 9.67. The van der Waals surface area contributed by atoms with Gasteiger partial charge in [-0.15, -0.1) is 11.3 Å². The fraction of sp³-hybridized carbons (Fsp3) is 0.286. The summed E-state index contributed by atoms with van der Waals surface area (Å²) in [7, 11) is 1.56. The monoisotopic (exact) mass is 382 g/mol.